The van der Waals surface area contributed by atoms with E-state index in [1.54, 1.807) is 23.8 Å². The van der Waals surface area contributed by atoms with Crippen LogP contribution in [0.4, 0.5) is 5.13 Å². The second-order valence-corrected chi connectivity index (χ2v) is 7.64. The number of carbonyl (C=O) groups is 1. The lowest BCUT2D eigenvalue weighted by molar-refractivity contribution is 0.102. The first-order valence-electron chi connectivity index (χ1n) is 6.54. The molecule has 0 aliphatic heterocycles. The van der Waals surface area contributed by atoms with Crippen LogP contribution in [0.25, 0.3) is 11.5 Å². The summed E-state index contributed by atoms with van der Waals surface area (Å²) in [5, 5.41) is 4.89. The quantitative estimate of drug-likeness (QED) is 0.783. The van der Waals surface area contributed by atoms with Crippen LogP contribution in [0.15, 0.2) is 57.4 Å². The summed E-state index contributed by atoms with van der Waals surface area (Å²) in [5.41, 5.74) is 0.995. The van der Waals surface area contributed by atoms with E-state index in [0.29, 0.717) is 22.1 Å². The number of amides is 1. The van der Waals surface area contributed by atoms with Crippen molar-refractivity contribution in [2.75, 3.05) is 11.6 Å². The summed E-state index contributed by atoms with van der Waals surface area (Å²) in [5.74, 6) is 0.268. The van der Waals surface area contributed by atoms with Crippen LogP contribution >= 0.6 is 11.3 Å². The monoisotopic (exact) mass is 348 g/mol. The number of carbonyl (C=O) groups excluding carboxylic acids is 1. The molecular weight excluding hydrogens is 336 g/mol. The van der Waals surface area contributed by atoms with Gasteiger partial charge in [0, 0.05) is 17.2 Å². The molecule has 0 fully saturated rings. The molecule has 0 atom stereocenters. The number of rotatable bonds is 4. The highest BCUT2D eigenvalue weighted by molar-refractivity contribution is 7.90. The lowest BCUT2D eigenvalue weighted by atomic mass is 10.2. The average molecular weight is 348 g/mol. The van der Waals surface area contributed by atoms with Crippen LogP contribution in [-0.4, -0.2) is 25.6 Å². The van der Waals surface area contributed by atoms with Crippen LogP contribution < -0.4 is 5.32 Å². The molecule has 0 bridgehead atoms. The van der Waals surface area contributed by atoms with E-state index in [4.69, 9.17) is 4.42 Å². The van der Waals surface area contributed by atoms with Crippen LogP contribution in [0.5, 0.6) is 0 Å². The molecule has 0 radical (unpaired) electrons. The van der Waals surface area contributed by atoms with Crippen LogP contribution in [0, 0.1) is 0 Å². The second-order valence-electron chi connectivity index (χ2n) is 4.77. The molecule has 2 aromatic heterocycles. The molecule has 0 spiro atoms. The van der Waals surface area contributed by atoms with Gasteiger partial charge in [0.1, 0.15) is 5.69 Å². The summed E-state index contributed by atoms with van der Waals surface area (Å²) in [4.78, 5) is 16.6. The van der Waals surface area contributed by atoms with Crippen LogP contribution in [0.3, 0.4) is 0 Å². The molecule has 0 saturated carbocycles. The minimum atomic E-state index is -3.28. The van der Waals surface area contributed by atoms with E-state index in [-0.39, 0.29) is 10.8 Å². The Balaban J connectivity index is 1.74. The zero-order valence-electron chi connectivity index (χ0n) is 12.0. The predicted molar refractivity (Wildman–Crippen MR) is 87.3 cm³/mol. The lowest BCUT2D eigenvalue weighted by Crippen LogP contribution is -2.11. The SMILES string of the molecule is CS(=O)(=O)c1ccc(C(=O)Nc2nc(-c3ccco3)cs2)cc1. The van der Waals surface area contributed by atoms with Crippen LogP contribution in [-0.2, 0) is 9.84 Å². The third-order valence-electron chi connectivity index (χ3n) is 3.04. The summed E-state index contributed by atoms with van der Waals surface area (Å²) in [6, 6.07) is 9.28. The average Bonchev–Trinajstić information content (AvgIpc) is 3.17. The zero-order valence-corrected chi connectivity index (χ0v) is 13.6. The molecule has 0 unspecified atom stereocenters. The van der Waals surface area contributed by atoms with Gasteiger partial charge in [0.25, 0.3) is 5.91 Å². The Kier molecular flexibility index (Phi) is 4.01. The number of benzene rings is 1. The second kappa shape index (κ2) is 5.98. The smallest absolute Gasteiger partial charge is 0.257 e. The molecule has 0 aliphatic carbocycles. The fourth-order valence-corrected chi connectivity index (χ4v) is 3.22. The van der Waals surface area contributed by atoms with Gasteiger partial charge in [-0.3, -0.25) is 10.1 Å². The molecule has 0 aliphatic rings. The van der Waals surface area contributed by atoms with Crippen molar-refractivity contribution < 1.29 is 17.6 Å². The van der Waals surface area contributed by atoms with E-state index < -0.39 is 9.84 Å². The van der Waals surface area contributed by atoms with Crippen LogP contribution in [0.2, 0.25) is 0 Å². The van der Waals surface area contributed by atoms with Gasteiger partial charge < -0.3 is 4.42 Å². The summed E-state index contributed by atoms with van der Waals surface area (Å²) in [6.45, 7) is 0. The molecule has 1 N–H and O–H groups in total. The van der Waals surface area contributed by atoms with E-state index in [0.717, 1.165) is 6.26 Å². The number of hydrogen-bond acceptors (Lipinski definition) is 6. The highest BCUT2D eigenvalue weighted by atomic mass is 32.2. The number of sulfone groups is 1. The van der Waals surface area contributed by atoms with Gasteiger partial charge in [0.2, 0.25) is 0 Å². The fraction of sp³-hybridized carbons (Fsp3) is 0.0667. The maximum Gasteiger partial charge on any atom is 0.257 e. The van der Waals surface area contributed by atoms with Gasteiger partial charge in [0.15, 0.2) is 20.7 Å². The van der Waals surface area contributed by atoms with Gasteiger partial charge in [-0.05, 0) is 36.4 Å². The highest BCUT2D eigenvalue weighted by Crippen LogP contribution is 2.25. The Morgan fingerprint density at radius 1 is 1.22 bits per heavy atom. The van der Waals surface area contributed by atoms with Crippen molar-refractivity contribution in [3.8, 4) is 11.5 Å². The lowest BCUT2D eigenvalue weighted by Gasteiger charge is -2.03. The van der Waals surface area contributed by atoms with Gasteiger partial charge in [0.05, 0.1) is 11.2 Å². The van der Waals surface area contributed by atoms with Gasteiger partial charge in [-0.1, -0.05) is 0 Å². The number of thiazole rings is 1. The molecule has 8 heteroatoms. The molecule has 6 nitrogen and oxygen atoms in total. The maximum absolute atomic E-state index is 12.2. The molecular formula is C15H12N2O4S2. The minimum absolute atomic E-state index is 0.170. The van der Waals surface area contributed by atoms with Crippen molar-refractivity contribution >= 4 is 32.2 Å². The summed E-state index contributed by atoms with van der Waals surface area (Å²) >= 11 is 1.28. The molecule has 0 saturated heterocycles. The summed E-state index contributed by atoms with van der Waals surface area (Å²) < 4.78 is 28.0. The Labute approximate surface area is 136 Å². The molecule has 23 heavy (non-hydrogen) atoms. The maximum atomic E-state index is 12.2. The van der Waals surface area contributed by atoms with Crippen molar-refractivity contribution in [1.29, 1.82) is 0 Å². The predicted octanol–water partition coefficient (Wildman–Crippen LogP) is 3.06. The van der Waals surface area contributed by atoms with Gasteiger partial charge in [-0.2, -0.15) is 0 Å². The van der Waals surface area contributed by atoms with Crippen LogP contribution in [0.1, 0.15) is 10.4 Å². The van der Waals surface area contributed by atoms with Crippen molar-refractivity contribution in [2.24, 2.45) is 0 Å². The number of furan rings is 1. The largest absolute Gasteiger partial charge is 0.463 e. The number of nitrogens with one attached hydrogen (secondary N) is 1. The first-order chi connectivity index (χ1) is 10.9. The molecule has 3 aromatic rings. The third-order valence-corrected chi connectivity index (χ3v) is 4.93. The van der Waals surface area contributed by atoms with E-state index in [2.05, 4.69) is 10.3 Å². The van der Waals surface area contributed by atoms with E-state index in [1.807, 2.05) is 0 Å². The number of anilines is 1. The summed E-state index contributed by atoms with van der Waals surface area (Å²) in [7, 11) is -3.28. The topological polar surface area (TPSA) is 89.3 Å². The zero-order chi connectivity index (χ0) is 16.4. The third kappa shape index (κ3) is 3.49. The standard InChI is InChI=1S/C15H12N2O4S2/c1-23(19,20)11-6-4-10(5-7-11)14(18)17-15-16-12(9-22-15)13-3-2-8-21-13/h2-9H,1H3,(H,16,17,18). The molecule has 118 valence electrons. The van der Waals surface area contributed by atoms with Crippen molar-refractivity contribution in [3.63, 3.8) is 0 Å². The Morgan fingerprint density at radius 3 is 2.57 bits per heavy atom. The molecule has 2 heterocycles. The van der Waals surface area contributed by atoms with Crippen molar-refractivity contribution in [2.45, 2.75) is 4.90 Å². The number of hydrogen-bond donors (Lipinski definition) is 1. The number of nitrogens with zero attached hydrogens (tertiary/aromatic N) is 1. The minimum Gasteiger partial charge on any atom is -0.463 e. The Bertz CT molecular complexity index is 926. The molecule has 3 rings (SSSR count). The molecule has 1 aromatic carbocycles. The first-order valence-corrected chi connectivity index (χ1v) is 9.31. The van der Waals surface area contributed by atoms with Crippen molar-refractivity contribution in [3.05, 3.63) is 53.6 Å². The highest BCUT2D eigenvalue weighted by Gasteiger charge is 2.12. The normalized spacial score (nSPS) is 11.3. The fourth-order valence-electron chi connectivity index (χ4n) is 1.89. The van der Waals surface area contributed by atoms with E-state index >= 15 is 0 Å². The Morgan fingerprint density at radius 2 is 1.96 bits per heavy atom. The molecule has 1 amide bonds. The van der Waals surface area contributed by atoms with Crippen molar-refractivity contribution in [1.82, 2.24) is 4.98 Å². The first kappa shape index (κ1) is 15.4. The van der Waals surface area contributed by atoms with Gasteiger partial charge >= 0.3 is 0 Å². The van der Waals surface area contributed by atoms with E-state index in [1.165, 1.54) is 35.6 Å². The van der Waals surface area contributed by atoms with E-state index in [9.17, 15) is 13.2 Å². The number of aromatic nitrogens is 1. The van der Waals surface area contributed by atoms with Gasteiger partial charge in [-0.25, -0.2) is 13.4 Å². The summed E-state index contributed by atoms with van der Waals surface area (Å²) in [6.07, 6.45) is 2.67. The van der Waals surface area contributed by atoms with Gasteiger partial charge in [-0.15, -0.1) is 11.3 Å². The Hall–Kier alpha value is -2.45.